The van der Waals surface area contributed by atoms with Gasteiger partial charge in [-0.25, -0.2) is 14.6 Å². The number of anilines is 1. The smallest absolute Gasteiger partial charge is 0.410 e. The molecule has 1 aliphatic carbocycles. The van der Waals surface area contributed by atoms with Crippen LogP contribution in [0.2, 0.25) is 0 Å². The average Bonchev–Trinajstić information content (AvgIpc) is 2.81. The molecule has 1 N–H and O–H groups in total. The molecule has 8 heteroatoms. The van der Waals surface area contributed by atoms with E-state index in [1.807, 2.05) is 45.2 Å². The van der Waals surface area contributed by atoms with Crippen LogP contribution >= 0.6 is 0 Å². The van der Waals surface area contributed by atoms with E-state index in [2.05, 4.69) is 21.4 Å². The number of carbonyl (C=O) groups is 2. The first-order valence-electron chi connectivity index (χ1n) is 11.5. The first kappa shape index (κ1) is 23.0. The van der Waals surface area contributed by atoms with Crippen molar-refractivity contribution in [3.05, 3.63) is 59.3 Å². The van der Waals surface area contributed by atoms with Gasteiger partial charge in [0.25, 0.3) is 0 Å². The third-order valence-electron chi connectivity index (χ3n) is 5.88. The van der Waals surface area contributed by atoms with Gasteiger partial charge in [-0.2, -0.15) is 0 Å². The molecular weight excluding hydrogens is 420 g/mol. The Kier molecular flexibility index (Phi) is 6.83. The summed E-state index contributed by atoms with van der Waals surface area (Å²) in [4.78, 5) is 38.4. The summed E-state index contributed by atoms with van der Waals surface area (Å²) >= 11 is 0. The van der Waals surface area contributed by atoms with Gasteiger partial charge in [0, 0.05) is 38.4 Å². The molecule has 2 heterocycles. The molecule has 2 aliphatic rings. The van der Waals surface area contributed by atoms with Crippen LogP contribution in [0.4, 0.5) is 10.6 Å². The van der Waals surface area contributed by atoms with E-state index in [4.69, 9.17) is 9.57 Å². The topological polar surface area (TPSA) is 84.0 Å². The van der Waals surface area contributed by atoms with E-state index < -0.39 is 5.60 Å². The Morgan fingerprint density at radius 3 is 2.48 bits per heavy atom. The minimum Gasteiger partial charge on any atom is -0.444 e. The third-order valence-corrected chi connectivity index (χ3v) is 5.88. The van der Waals surface area contributed by atoms with E-state index in [-0.39, 0.29) is 18.1 Å². The SMILES string of the molecule is CC(C)(C)OC(=O)N1CCN(c2cc3c(cn2)CC(NOC(=O)c2ccccc2)CC3)CC1. The monoisotopic (exact) mass is 452 g/mol. The fourth-order valence-electron chi connectivity index (χ4n) is 4.11. The Balaban J connectivity index is 1.29. The summed E-state index contributed by atoms with van der Waals surface area (Å²) in [6.45, 7) is 8.33. The highest BCUT2D eigenvalue weighted by Gasteiger charge is 2.27. The van der Waals surface area contributed by atoms with Crippen molar-refractivity contribution in [2.75, 3.05) is 31.1 Å². The van der Waals surface area contributed by atoms with E-state index in [1.54, 1.807) is 17.0 Å². The maximum atomic E-state index is 12.3. The number of ether oxygens (including phenoxy) is 1. The number of amides is 1. The molecule has 176 valence electrons. The lowest BCUT2D eigenvalue weighted by Crippen LogP contribution is -2.50. The van der Waals surface area contributed by atoms with Crippen molar-refractivity contribution in [3.8, 4) is 0 Å². The summed E-state index contributed by atoms with van der Waals surface area (Å²) in [7, 11) is 0. The molecule has 1 unspecified atom stereocenters. The van der Waals surface area contributed by atoms with E-state index in [0.29, 0.717) is 18.7 Å². The Morgan fingerprint density at radius 1 is 1.06 bits per heavy atom. The number of hydrogen-bond acceptors (Lipinski definition) is 7. The highest BCUT2D eigenvalue weighted by molar-refractivity contribution is 5.89. The van der Waals surface area contributed by atoms with Crippen LogP contribution in [0.1, 0.15) is 48.7 Å². The largest absolute Gasteiger partial charge is 0.444 e. The molecule has 2 aromatic rings. The van der Waals surface area contributed by atoms with Crippen molar-refractivity contribution in [2.24, 2.45) is 0 Å². The van der Waals surface area contributed by atoms with E-state index in [0.717, 1.165) is 38.2 Å². The second-order valence-corrected chi connectivity index (χ2v) is 9.58. The van der Waals surface area contributed by atoms with Crippen LogP contribution in [0.15, 0.2) is 42.6 Å². The summed E-state index contributed by atoms with van der Waals surface area (Å²) in [5, 5.41) is 0. The number of piperazine rings is 1. The quantitative estimate of drug-likeness (QED) is 0.712. The lowest BCUT2D eigenvalue weighted by atomic mass is 9.90. The van der Waals surface area contributed by atoms with Gasteiger partial charge in [-0.1, -0.05) is 18.2 Å². The Bertz CT molecular complexity index is 982. The number of carbonyl (C=O) groups excluding carboxylic acids is 2. The van der Waals surface area contributed by atoms with Crippen LogP contribution in [0.3, 0.4) is 0 Å². The lowest BCUT2D eigenvalue weighted by molar-refractivity contribution is 0.0138. The predicted octanol–water partition coefficient (Wildman–Crippen LogP) is 3.36. The molecule has 4 rings (SSSR count). The van der Waals surface area contributed by atoms with E-state index in [1.165, 1.54) is 11.1 Å². The normalized spacial score (nSPS) is 18.5. The fraction of sp³-hybridized carbons (Fsp3) is 0.480. The molecule has 1 saturated heterocycles. The van der Waals surface area contributed by atoms with E-state index in [9.17, 15) is 9.59 Å². The van der Waals surface area contributed by atoms with Gasteiger partial charge >= 0.3 is 12.1 Å². The van der Waals surface area contributed by atoms with Crippen LogP contribution in [0.5, 0.6) is 0 Å². The summed E-state index contributed by atoms with van der Waals surface area (Å²) in [6.07, 6.45) is 4.20. The summed E-state index contributed by atoms with van der Waals surface area (Å²) < 4.78 is 5.48. The highest BCUT2D eigenvalue weighted by Crippen LogP contribution is 2.25. The number of nitrogens with one attached hydrogen (secondary N) is 1. The Morgan fingerprint density at radius 2 is 1.79 bits per heavy atom. The molecule has 1 amide bonds. The van der Waals surface area contributed by atoms with Gasteiger partial charge in [0.1, 0.15) is 11.4 Å². The number of aryl methyl sites for hydroxylation is 1. The van der Waals surface area contributed by atoms with Crippen molar-refractivity contribution in [1.82, 2.24) is 15.4 Å². The van der Waals surface area contributed by atoms with Gasteiger partial charge in [0.15, 0.2) is 0 Å². The van der Waals surface area contributed by atoms with Gasteiger partial charge in [-0.05, 0) is 69.4 Å². The average molecular weight is 453 g/mol. The number of hydrogen-bond donors (Lipinski definition) is 1. The van der Waals surface area contributed by atoms with Gasteiger partial charge in [-0.15, -0.1) is 5.48 Å². The zero-order valence-electron chi connectivity index (χ0n) is 19.5. The molecule has 0 saturated carbocycles. The number of nitrogens with zero attached hydrogens (tertiary/aromatic N) is 3. The number of hydroxylamine groups is 1. The van der Waals surface area contributed by atoms with Crippen LogP contribution in [-0.2, 0) is 22.4 Å². The van der Waals surface area contributed by atoms with Crippen molar-refractivity contribution < 1.29 is 19.2 Å². The molecule has 0 spiro atoms. The van der Waals surface area contributed by atoms with Gasteiger partial charge in [0.2, 0.25) is 0 Å². The zero-order chi connectivity index (χ0) is 23.4. The van der Waals surface area contributed by atoms with Gasteiger partial charge in [-0.3, -0.25) is 0 Å². The minimum atomic E-state index is -0.485. The Hall–Kier alpha value is -3.13. The standard InChI is InChI=1S/C25H32N4O4/c1-25(2,3)32-24(31)29-13-11-28(12-14-29)22-16-19-9-10-21(15-20(19)17-26-22)27-33-23(30)18-7-5-4-6-8-18/h4-8,16-17,21,27H,9-15H2,1-3H3. The van der Waals surface area contributed by atoms with Crippen LogP contribution in [0, 0.1) is 0 Å². The van der Waals surface area contributed by atoms with Gasteiger partial charge in [0.05, 0.1) is 5.56 Å². The summed E-state index contributed by atoms with van der Waals surface area (Å²) in [5.41, 5.74) is 5.43. The first-order chi connectivity index (χ1) is 15.8. The van der Waals surface area contributed by atoms with Crippen molar-refractivity contribution in [2.45, 2.75) is 51.7 Å². The van der Waals surface area contributed by atoms with Gasteiger partial charge < -0.3 is 19.4 Å². The number of fused-ring (bicyclic) bond motifs is 1. The molecule has 0 bridgehead atoms. The predicted molar refractivity (Wildman–Crippen MR) is 125 cm³/mol. The number of benzene rings is 1. The second-order valence-electron chi connectivity index (χ2n) is 9.58. The summed E-state index contributed by atoms with van der Waals surface area (Å²) in [6, 6.07) is 11.2. The molecule has 8 nitrogen and oxygen atoms in total. The molecular formula is C25H32N4O4. The van der Waals surface area contributed by atoms with Crippen LogP contribution in [0.25, 0.3) is 0 Å². The van der Waals surface area contributed by atoms with Crippen molar-refractivity contribution in [1.29, 1.82) is 0 Å². The van der Waals surface area contributed by atoms with E-state index >= 15 is 0 Å². The third kappa shape index (κ3) is 6.01. The maximum Gasteiger partial charge on any atom is 0.410 e. The maximum absolute atomic E-state index is 12.3. The molecule has 1 aromatic carbocycles. The highest BCUT2D eigenvalue weighted by atomic mass is 16.7. The van der Waals surface area contributed by atoms with Crippen molar-refractivity contribution in [3.63, 3.8) is 0 Å². The number of pyridine rings is 1. The number of aromatic nitrogens is 1. The van der Waals surface area contributed by atoms with Crippen LogP contribution in [-0.4, -0.2) is 59.8 Å². The zero-order valence-corrected chi connectivity index (χ0v) is 19.5. The fourth-order valence-corrected chi connectivity index (χ4v) is 4.11. The molecule has 1 aromatic heterocycles. The number of rotatable bonds is 4. The molecule has 1 aliphatic heterocycles. The summed E-state index contributed by atoms with van der Waals surface area (Å²) in [5.74, 6) is 0.569. The molecule has 1 fully saturated rings. The lowest BCUT2D eigenvalue weighted by Gasteiger charge is -2.36. The minimum absolute atomic E-state index is 0.0650. The molecule has 0 radical (unpaired) electrons. The van der Waals surface area contributed by atoms with Crippen molar-refractivity contribution >= 4 is 17.9 Å². The first-order valence-corrected chi connectivity index (χ1v) is 11.5. The Labute approximate surface area is 194 Å². The van der Waals surface area contributed by atoms with Crippen LogP contribution < -0.4 is 10.4 Å². The molecule has 33 heavy (non-hydrogen) atoms. The molecule has 1 atom stereocenters. The second kappa shape index (κ2) is 9.79.